The molecular formula is C10H11ClN2OS. The third-order valence-electron chi connectivity index (χ3n) is 1.68. The van der Waals surface area contributed by atoms with E-state index in [0.717, 1.165) is 0 Å². The van der Waals surface area contributed by atoms with Crippen molar-refractivity contribution < 1.29 is 4.79 Å². The number of nitrogens with one attached hydrogen (secondary N) is 2. The van der Waals surface area contributed by atoms with E-state index in [1.807, 2.05) is 6.92 Å². The highest BCUT2D eigenvalue weighted by Gasteiger charge is 2.10. The van der Waals surface area contributed by atoms with E-state index < -0.39 is 0 Å². The quantitative estimate of drug-likeness (QED) is 0.779. The molecule has 0 aliphatic rings. The molecule has 0 aliphatic heterocycles. The lowest BCUT2D eigenvalue weighted by Gasteiger charge is -2.08. The number of benzene rings is 1. The molecule has 1 aromatic rings. The largest absolute Gasteiger partial charge is 0.363 e. The van der Waals surface area contributed by atoms with Crippen molar-refractivity contribution in [3.8, 4) is 0 Å². The molecule has 0 spiro atoms. The van der Waals surface area contributed by atoms with Crippen molar-refractivity contribution in [1.82, 2.24) is 10.6 Å². The first kappa shape index (κ1) is 11.9. The third kappa shape index (κ3) is 3.49. The first-order chi connectivity index (χ1) is 7.15. The number of amides is 1. The Morgan fingerprint density at radius 1 is 1.47 bits per heavy atom. The third-order valence-corrected chi connectivity index (χ3v) is 2.26. The minimum atomic E-state index is -0.299. The van der Waals surface area contributed by atoms with Crippen LogP contribution in [0, 0.1) is 0 Å². The molecule has 0 atom stereocenters. The van der Waals surface area contributed by atoms with E-state index in [2.05, 4.69) is 10.6 Å². The van der Waals surface area contributed by atoms with Crippen LogP contribution in [-0.4, -0.2) is 17.6 Å². The molecule has 0 saturated heterocycles. The number of thiocarbonyl (C=S) groups is 1. The van der Waals surface area contributed by atoms with Crippen LogP contribution in [0.1, 0.15) is 17.3 Å². The molecule has 0 radical (unpaired) electrons. The lowest BCUT2D eigenvalue weighted by atomic mass is 10.2. The Balaban J connectivity index is 2.70. The van der Waals surface area contributed by atoms with Crippen molar-refractivity contribution in [3.05, 3.63) is 34.9 Å². The van der Waals surface area contributed by atoms with Crippen molar-refractivity contribution in [2.24, 2.45) is 0 Å². The average molecular weight is 243 g/mol. The number of rotatable bonds is 2. The van der Waals surface area contributed by atoms with Gasteiger partial charge in [0, 0.05) is 6.54 Å². The molecule has 15 heavy (non-hydrogen) atoms. The lowest BCUT2D eigenvalue weighted by Crippen LogP contribution is -2.39. The summed E-state index contributed by atoms with van der Waals surface area (Å²) in [5, 5.41) is 6.08. The molecule has 1 rings (SSSR count). The van der Waals surface area contributed by atoms with Gasteiger partial charge in [-0.3, -0.25) is 10.1 Å². The van der Waals surface area contributed by atoms with E-state index >= 15 is 0 Å². The lowest BCUT2D eigenvalue weighted by molar-refractivity contribution is 0.0977. The van der Waals surface area contributed by atoms with Gasteiger partial charge < -0.3 is 5.32 Å². The van der Waals surface area contributed by atoms with Gasteiger partial charge in [-0.2, -0.15) is 0 Å². The summed E-state index contributed by atoms with van der Waals surface area (Å²) in [6, 6.07) is 6.82. The van der Waals surface area contributed by atoms with Crippen LogP contribution in [0.4, 0.5) is 0 Å². The number of carbonyl (C=O) groups is 1. The van der Waals surface area contributed by atoms with E-state index in [4.69, 9.17) is 23.8 Å². The van der Waals surface area contributed by atoms with Crippen LogP contribution in [0.15, 0.2) is 24.3 Å². The molecule has 5 heteroatoms. The monoisotopic (exact) mass is 242 g/mol. The molecule has 0 unspecified atom stereocenters. The Morgan fingerprint density at radius 2 is 2.13 bits per heavy atom. The summed E-state index contributed by atoms with van der Waals surface area (Å²) >= 11 is 10.7. The van der Waals surface area contributed by atoms with Gasteiger partial charge in [0.2, 0.25) is 0 Å². The van der Waals surface area contributed by atoms with Crippen LogP contribution in [0.25, 0.3) is 0 Å². The smallest absolute Gasteiger partial charge is 0.258 e. The fourth-order valence-corrected chi connectivity index (χ4v) is 1.48. The van der Waals surface area contributed by atoms with Crippen LogP contribution >= 0.6 is 23.8 Å². The standard InChI is InChI=1S/C10H11ClN2OS/c1-2-12-10(15)13-9(14)7-5-3-4-6-8(7)11/h3-6H,2H2,1H3,(H2,12,13,14,15). The SMILES string of the molecule is CCNC(=S)NC(=O)c1ccccc1Cl. The second kappa shape index (κ2) is 5.68. The summed E-state index contributed by atoms with van der Waals surface area (Å²) in [4.78, 5) is 11.6. The highest BCUT2D eigenvalue weighted by atomic mass is 35.5. The summed E-state index contributed by atoms with van der Waals surface area (Å²) < 4.78 is 0. The zero-order valence-electron chi connectivity index (χ0n) is 8.21. The minimum Gasteiger partial charge on any atom is -0.363 e. The molecule has 1 aromatic carbocycles. The maximum absolute atomic E-state index is 11.6. The number of halogens is 1. The normalized spacial score (nSPS) is 9.47. The van der Waals surface area contributed by atoms with Crippen LogP contribution in [-0.2, 0) is 0 Å². The van der Waals surface area contributed by atoms with E-state index in [0.29, 0.717) is 22.2 Å². The van der Waals surface area contributed by atoms with Crippen molar-refractivity contribution in [3.63, 3.8) is 0 Å². The average Bonchev–Trinajstić information content (AvgIpc) is 2.18. The summed E-state index contributed by atoms with van der Waals surface area (Å²) in [5.74, 6) is -0.299. The van der Waals surface area contributed by atoms with Gasteiger partial charge in [0.1, 0.15) is 0 Å². The second-order valence-corrected chi connectivity index (χ2v) is 3.61. The van der Waals surface area contributed by atoms with Crippen LogP contribution < -0.4 is 10.6 Å². The molecule has 0 heterocycles. The van der Waals surface area contributed by atoms with E-state index in [1.54, 1.807) is 24.3 Å². The Morgan fingerprint density at radius 3 is 2.73 bits per heavy atom. The molecule has 3 nitrogen and oxygen atoms in total. The number of hydrogen-bond donors (Lipinski definition) is 2. The van der Waals surface area contributed by atoms with Gasteiger partial charge in [-0.05, 0) is 31.3 Å². The van der Waals surface area contributed by atoms with Gasteiger partial charge in [0.15, 0.2) is 5.11 Å². The highest BCUT2D eigenvalue weighted by molar-refractivity contribution is 7.80. The summed E-state index contributed by atoms with van der Waals surface area (Å²) in [7, 11) is 0. The van der Waals surface area contributed by atoms with Gasteiger partial charge in [-0.25, -0.2) is 0 Å². The molecule has 80 valence electrons. The van der Waals surface area contributed by atoms with Crippen molar-refractivity contribution >= 4 is 34.8 Å². The van der Waals surface area contributed by atoms with Crippen LogP contribution in [0.2, 0.25) is 5.02 Å². The molecule has 0 aromatic heterocycles. The minimum absolute atomic E-state index is 0.299. The Labute approximate surface area is 98.8 Å². The molecule has 0 aliphatic carbocycles. The molecule has 0 saturated carbocycles. The number of carbonyl (C=O) groups excluding carboxylic acids is 1. The maximum Gasteiger partial charge on any atom is 0.258 e. The van der Waals surface area contributed by atoms with Crippen LogP contribution in [0.3, 0.4) is 0 Å². The number of hydrogen-bond acceptors (Lipinski definition) is 2. The summed E-state index contributed by atoms with van der Waals surface area (Å²) in [6.07, 6.45) is 0. The highest BCUT2D eigenvalue weighted by Crippen LogP contribution is 2.14. The predicted octanol–water partition coefficient (Wildman–Crippen LogP) is 1.96. The van der Waals surface area contributed by atoms with Crippen molar-refractivity contribution in [1.29, 1.82) is 0 Å². The molecule has 0 bridgehead atoms. The Hall–Kier alpha value is -1.13. The predicted molar refractivity (Wildman–Crippen MR) is 65.2 cm³/mol. The summed E-state index contributed by atoms with van der Waals surface area (Å²) in [6.45, 7) is 2.57. The van der Waals surface area contributed by atoms with Gasteiger partial charge in [-0.15, -0.1) is 0 Å². The zero-order chi connectivity index (χ0) is 11.3. The van der Waals surface area contributed by atoms with Crippen molar-refractivity contribution in [2.75, 3.05) is 6.54 Å². The van der Waals surface area contributed by atoms with E-state index in [-0.39, 0.29) is 5.91 Å². The van der Waals surface area contributed by atoms with Gasteiger partial charge in [0.25, 0.3) is 5.91 Å². The second-order valence-electron chi connectivity index (χ2n) is 2.79. The Bertz CT molecular complexity index is 381. The van der Waals surface area contributed by atoms with E-state index in [9.17, 15) is 4.79 Å². The fourth-order valence-electron chi connectivity index (χ4n) is 1.02. The molecule has 1 amide bonds. The molecular weight excluding hydrogens is 232 g/mol. The van der Waals surface area contributed by atoms with E-state index in [1.165, 1.54) is 0 Å². The molecule has 0 fully saturated rings. The van der Waals surface area contributed by atoms with Gasteiger partial charge >= 0.3 is 0 Å². The zero-order valence-corrected chi connectivity index (χ0v) is 9.78. The fraction of sp³-hybridized carbons (Fsp3) is 0.200. The summed E-state index contributed by atoms with van der Waals surface area (Å²) in [5.41, 5.74) is 0.416. The topological polar surface area (TPSA) is 41.1 Å². The first-order valence-corrected chi connectivity index (χ1v) is 5.27. The maximum atomic E-state index is 11.6. The van der Waals surface area contributed by atoms with Crippen molar-refractivity contribution in [2.45, 2.75) is 6.92 Å². The van der Waals surface area contributed by atoms with Gasteiger partial charge in [0.05, 0.1) is 10.6 Å². The molecule has 2 N–H and O–H groups in total. The van der Waals surface area contributed by atoms with Gasteiger partial charge in [-0.1, -0.05) is 23.7 Å². The first-order valence-electron chi connectivity index (χ1n) is 4.49. The van der Waals surface area contributed by atoms with Crippen LogP contribution in [0.5, 0.6) is 0 Å². The Kier molecular flexibility index (Phi) is 4.52.